The summed E-state index contributed by atoms with van der Waals surface area (Å²) >= 11 is 6.20. The Hall–Kier alpha value is -1.35. The van der Waals surface area contributed by atoms with Gasteiger partial charge in [-0.05, 0) is 24.5 Å². The third kappa shape index (κ3) is 4.97. The molecule has 1 aromatic carbocycles. The van der Waals surface area contributed by atoms with Gasteiger partial charge in [0.1, 0.15) is 5.82 Å². The summed E-state index contributed by atoms with van der Waals surface area (Å²) in [5, 5.41) is 8.50. The zero-order valence-corrected chi connectivity index (χ0v) is 20.0. The van der Waals surface area contributed by atoms with Crippen LogP contribution in [0.5, 0.6) is 0 Å². The van der Waals surface area contributed by atoms with E-state index in [-0.39, 0.29) is 41.8 Å². The molecule has 1 saturated carbocycles. The topological polar surface area (TPSA) is 45.5 Å². The summed E-state index contributed by atoms with van der Waals surface area (Å²) in [6, 6.07) is 4.98. The number of hydrogen-bond acceptors (Lipinski definition) is 2. The molecule has 2 atom stereocenters. The molecule has 0 radical (unpaired) electrons. The predicted octanol–water partition coefficient (Wildman–Crippen LogP) is 4.52. The van der Waals surface area contributed by atoms with Gasteiger partial charge >= 0.3 is 0 Å². The van der Waals surface area contributed by atoms with Crippen LogP contribution in [-0.2, 0) is 13.6 Å². The summed E-state index contributed by atoms with van der Waals surface area (Å²) in [5.74, 6) is 0.986. The van der Waals surface area contributed by atoms with Gasteiger partial charge in [0.2, 0.25) is 0 Å². The number of nitrogens with zero attached hydrogens (tertiary/aromatic N) is 4. The molecular formula is C20H28ClFIN5. The number of aromatic nitrogens is 2. The van der Waals surface area contributed by atoms with Gasteiger partial charge in [0.05, 0.1) is 5.69 Å². The lowest BCUT2D eigenvalue weighted by molar-refractivity contribution is 0.472. The summed E-state index contributed by atoms with van der Waals surface area (Å²) in [6.07, 6.45) is 2.90. The number of benzene rings is 1. The molecule has 1 fully saturated rings. The first-order chi connectivity index (χ1) is 12.8. The minimum atomic E-state index is -0.239. The summed E-state index contributed by atoms with van der Waals surface area (Å²) in [6.45, 7) is 5.00. The Labute approximate surface area is 188 Å². The smallest absolute Gasteiger partial charge is 0.193 e. The van der Waals surface area contributed by atoms with Crippen LogP contribution in [0.1, 0.15) is 48.9 Å². The van der Waals surface area contributed by atoms with Crippen LogP contribution < -0.4 is 5.32 Å². The first kappa shape index (κ1) is 22.9. The van der Waals surface area contributed by atoms with Crippen molar-refractivity contribution in [1.82, 2.24) is 20.0 Å². The van der Waals surface area contributed by atoms with E-state index in [4.69, 9.17) is 11.6 Å². The maximum atomic E-state index is 14.1. The van der Waals surface area contributed by atoms with Gasteiger partial charge in [-0.3, -0.25) is 9.67 Å². The number of nitrogens with one attached hydrogen (secondary N) is 1. The molecule has 2 unspecified atom stereocenters. The highest BCUT2D eigenvalue weighted by atomic mass is 127. The van der Waals surface area contributed by atoms with Gasteiger partial charge in [-0.25, -0.2) is 4.39 Å². The third-order valence-electron chi connectivity index (χ3n) is 4.94. The molecule has 0 amide bonds. The molecule has 1 aromatic heterocycles. The molecule has 8 heteroatoms. The normalized spacial score (nSPS) is 18.8. The molecule has 28 heavy (non-hydrogen) atoms. The number of rotatable bonds is 5. The van der Waals surface area contributed by atoms with Crippen molar-refractivity contribution in [2.45, 2.75) is 44.7 Å². The number of halogens is 3. The predicted molar refractivity (Wildman–Crippen MR) is 123 cm³/mol. The second kappa shape index (κ2) is 9.43. The van der Waals surface area contributed by atoms with Crippen LogP contribution in [-0.4, -0.2) is 40.8 Å². The average Bonchev–Trinajstić information content (AvgIpc) is 3.24. The molecule has 0 spiro atoms. The standard InChI is InChI=1S/C20H27ClFN5.HI/c1-12(2)19-13(11-27(5)25-19)10-26(4)20(23-3)24-17-9-14(17)18-15(21)7-6-8-16(18)22;/h6-8,11-12,14,17H,9-10H2,1-5H3,(H,23,24);1H. The van der Waals surface area contributed by atoms with E-state index in [0.29, 0.717) is 23.0 Å². The van der Waals surface area contributed by atoms with Gasteiger partial charge in [0.15, 0.2) is 5.96 Å². The average molecular weight is 520 g/mol. The second-order valence-corrected chi connectivity index (χ2v) is 7.91. The minimum absolute atomic E-state index is 0. The Morgan fingerprint density at radius 2 is 2.18 bits per heavy atom. The van der Waals surface area contributed by atoms with E-state index in [1.807, 2.05) is 18.8 Å². The van der Waals surface area contributed by atoms with Crippen molar-refractivity contribution < 1.29 is 4.39 Å². The van der Waals surface area contributed by atoms with Crippen molar-refractivity contribution in [3.63, 3.8) is 0 Å². The summed E-state index contributed by atoms with van der Waals surface area (Å²) in [7, 11) is 5.70. The summed E-state index contributed by atoms with van der Waals surface area (Å²) in [5.41, 5.74) is 2.88. The zero-order chi connectivity index (χ0) is 19.7. The van der Waals surface area contributed by atoms with Gasteiger partial charge in [-0.15, -0.1) is 24.0 Å². The van der Waals surface area contributed by atoms with Crippen molar-refractivity contribution in [3.8, 4) is 0 Å². The van der Waals surface area contributed by atoms with Crippen LogP contribution in [0, 0.1) is 5.82 Å². The van der Waals surface area contributed by atoms with Crippen LogP contribution in [0.3, 0.4) is 0 Å². The van der Waals surface area contributed by atoms with E-state index in [2.05, 4.69) is 40.4 Å². The van der Waals surface area contributed by atoms with Gasteiger partial charge in [-0.2, -0.15) is 5.10 Å². The molecule has 0 saturated heterocycles. The molecule has 1 heterocycles. The SMILES string of the molecule is CN=C(NC1CC1c1c(F)cccc1Cl)N(C)Cc1cn(C)nc1C(C)C.I. The van der Waals surface area contributed by atoms with Crippen molar-refractivity contribution >= 4 is 41.5 Å². The Morgan fingerprint density at radius 1 is 1.46 bits per heavy atom. The third-order valence-corrected chi connectivity index (χ3v) is 5.27. The molecule has 5 nitrogen and oxygen atoms in total. The maximum Gasteiger partial charge on any atom is 0.193 e. The van der Waals surface area contributed by atoms with E-state index in [0.717, 1.165) is 18.1 Å². The molecule has 3 rings (SSSR count). The van der Waals surface area contributed by atoms with Crippen LogP contribution in [0.15, 0.2) is 29.4 Å². The van der Waals surface area contributed by atoms with E-state index >= 15 is 0 Å². The lowest BCUT2D eigenvalue weighted by atomic mass is 10.1. The van der Waals surface area contributed by atoms with Gasteiger partial charge in [0.25, 0.3) is 0 Å². The van der Waals surface area contributed by atoms with Crippen LogP contribution in [0.4, 0.5) is 4.39 Å². The number of guanidine groups is 1. The van der Waals surface area contributed by atoms with E-state index in [9.17, 15) is 4.39 Å². The molecule has 1 aliphatic carbocycles. The fourth-order valence-corrected chi connectivity index (χ4v) is 3.85. The highest BCUT2D eigenvalue weighted by molar-refractivity contribution is 14.0. The van der Waals surface area contributed by atoms with Crippen LogP contribution in [0.2, 0.25) is 5.02 Å². The van der Waals surface area contributed by atoms with E-state index < -0.39 is 0 Å². The molecule has 1 aliphatic rings. The first-order valence-corrected chi connectivity index (χ1v) is 9.60. The molecule has 154 valence electrons. The van der Waals surface area contributed by atoms with Gasteiger partial charge < -0.3 is 10.2 Å². The first-order valence-electron chi connectivity index (χ1n) is 9.22. The molecule has 0 bridgehead atoms. The Morgan fingerprint density at radius 3 is 2.79 bits per heavy atom. The van der Waals surface area contributed by atoms with Crippen molar-refractivity contribution in [2.24, 2.45) is 12.0 Å². The highest BCUT2D eigenvalue weighted by Gasteiger charge is 2.42. The van der Waals surface area contributed by atoms with E-state index in [1.165, 1.54) is 11.6 Å². The minimum Gasteiger partial charge on any atom is -0.353 e. The summed E-state index contributed by atoms with van der Waals surface area (Å²) < 4.78 is 16.0. The Kier molecular flexibility index (Phi) is 7.73. The number of aliphatic imine (C=N–C) groups is 1. The molecule has 2 aromatic rings. The van der Waals surface area contributed by atoms with Crippen molar-refractivity contribution in [1.29, 1.82) is 0 Å². The van der Waals surface area contributed by atoms with Crippen LogP contribution in [0.25, 0.3) is 0 Å². The van der Waals surface area contributed by atoms with Crippen molar-refractivity contribution in [2.75, 3.05) is 14.1 Å². The maximum absolute atomic E-state index is 14.1. The van der Waals surface area contributed by atoms with Crippen molar-refractivity contribution in [3.05, 3.63) is 52.1 Å². The Bertz CT molecular complexity index is 831. The monoisotopic (exact) mass is 519 g/mol. The summed E-state index contributed by atoms with van der Waals surface area (Å²) in [4.78, 5) is 6.47. The lowest BCUT2D eigenvalue weighted by Crippen LogP contribution is -2.40. The fraction of sp³-hybridized carbons (Fsp3) is 0.500. The molecule has 1 N–H and O–H groups in total. The molecular weight excluding hydrogens is 492 g/mol. The second-order valence-electron chi connectivity index (χ2n) is 7.50. The van der Waals surface area contributed by atoms with Gasteiger partial charge in [0, 0.05) is 62.0 Å². The number of aryl methyl sites for hydroxylation is 1. The fourth-order valence-electron chi connectivity index (χ4n) is 3.54. The van der Waals surface area contributed by atoms with Crippen LogP contribution >= 0.6 is 35.6 Å². The molecule has 0 aliphatic heterocycles. The Balaban J connectivity index is 0.00000280. The highest BCUT2D eigenvalue weighted by Crippen LogP contribution is 2.45. The quantitative estimate of drug-likeness (QED) is 0.359. The lowest BCUT2D eigenvalue weighted by Gasteiger charge is -2.22. The largest absolute Gasteiger partial charge is 0.353 e. The number of hydrogen-bond donors (Lipinski definition) is 1. The zero-order valence-electron chi connectivity index (χ0n) is 16.9. The van der Waals surface area contributed by atoms with E-state index in [1.54, 1.807) is 19.2 Å². The van der Waals surface area contributed by atoms with Gasteiger partial charge in [-0.1, -0.05) is 31.5 Å².